The Kier molecular flexibility index (Phi) is 2.71. The Balaban J connectivity index is 1.96. The zero-order valence-corrected chi connectivity index (χ0v) is 9.54. The summed E-state index contributed by atoms with van der Waals surface area (Å²) in [4.78, 5) is 15.8. The van der Waals surface area contributed by atoms with Crippen LogP contribution < -0.4 is 5.32 Å². The predicted octanol–water partition coefficient (Wildman–Crippen LogP) is 0.794. The molecule has 1 aromatic rings. The molecule has 1 amide bonds. The van der Waals surface area contributed by atoms with Crippen LogP contribution in [0.5, 0.6) is 0 Å². The lowest BCUT2D eigenvalue weighted by Gasteiger charge is -2.11. The third kappa shape index (κ3) is 2.09. The van der Waals surface area contributed by atoms with Crippen LogP contribution in [0.3, 0.4) is 0 Å². The summed E-state index contributed by atoms with van der Waals surface area (Å²) in [5, 5.41) is 11.9. The third-order valence-electron chi connectivity index (χ3n) is 3.03. The highest BCUT2D eigenvalue weighted by atomic mass is 16.4. The van der Waals surface area contributed by atoms with Gasteiger partial charge in [-0.05, 0) is 19.8 Å². The summed E-state index contributed by atoms with van der Waals surface area (Å²) in [6.45, 7) is 4.08. The molecule has 0 bridgehead atoms. The van der Waals surface area contributed by atoms with E-state index in [2.05, 4.69) is 10.3 Å². The van der Waals surface area contributed by atoms with Crippen molar-refractivity contribution in [1.82, 2.24) is 10.3 Å². The third-order valence-corrected chi connectivity index (χ3v) is 3.03. The number of carbonyl (C=O) groups excluding carboxylic acids is 1. The fourth-order valence-corrected chi connectivity index (χ4v) is 1.66. The molecule has 0 radical (unpaired) electrons. The SMILES string of the molecule is Cc1nc(C)c(C(=O)NCC2(CO)CC2)o1. The average Bonchev–Trinajstić information content (AvgIpc) is 2.96. The van der Waals surface area contributed by atoms with Gasteiger partial charge in [-0.25, -0.2) is 4.98 Å². The maximum atomic E-state index is 11.7. The van der Waals surface area contributed by atoms with Crippen molar-refractivity contribution < 1.29 is 14.3 Å². The molecule has 1 fully saturated rings. The molecular formula is C11H16N2O3. The first-order valence-electron chi connectivity index (χ1n) is 5.39. The van der Waals surface area contributed by atoms with E-state index in [-0.39, 0.29) is 23.7 Å². The van der Waals surface area contributed by atoms with Gasteiger partial charge in [-0.1, -0.05) is 0 Å². The van der Waals surface area contributed by atoms with Crippen LogP contribution in [0.2, 0.25) is 0 Å². The van der Waals surface area contributed by atoms with Crippen LogP contribution in [0.1, 0.15) is 35.0 Å². The summed E-state index contributed by atoms with van der Waals surface area (Å²) >= 11 is 0. The van der Waals surface area contributed by atoms with Crippen LogP contribution >= 0.6 is 0 Å². The average molecular weight is 224 g/mol. The number of aliphatic hydroxyl groups excluding tert-OH is 1. The van der Waals surface area contributed by atoms with Crippen molar-refractivity contribution >= 4 is 5.91 Å². The molecule has 88 valence electrons. The van der Waals surface area contributed by atoms with Crippen molar-refractivity contribution in [2.75, 3.05) is 13.2 Å². The maximum absolute atomic E-state index is 11.7. The number of amides is 1. The molecule has 16 heavy (non-hydrogen) atoms. The van der Waals surface area contributed by atoms with Gasteiger partial charge in [-0.3, -0.25) is 4.79 Å². The van der Waals surface area contributed by atoms with Gasteiger partial charge in [0.2, 0.25) is 5.76 Å². The van der Waals surface area contributed by atoms with E-state index in [1.54, 1.807) is 13.8 Å². The number of carbonyl (C=O) groups is 1. The number of rotatable bonds is 4. The van der Waals surface area contributed by atoms with E-state index in [0.29, 0.717) is 18.1 Å². The molecule has 1 aliphatic carbocycles. The second-order valence-electron chi connectivity index (χ2n) is 4.49. The molecule has 0 unspecified atom stereocenters. The molecule has 5 nitrogen and oxygen atoms in total. The lowest BCUT2D eigenvalue weighted by atomic mass is 10.1. The predicted molar refractivity (Wildman–Crippen MR) is 57.1 cm³/mol. The summed E-state index contributed by atoms with van der Waals surface area (Å²) in [6.07, 6.45) is 1.94. The molecule has 2 rings (SSSR count). The number of nitrogens with zero attached hydrogens (tertiary/aromatic N) is 1. The molecule has 2 N–H and O–H groups in total. The lowest BCUT2D eigenvalue weighted by Crippen LogP contribution is -2.32. The van der Waals surface area contributed by atoms with Crippen molar-refractivity contribution in [3.8, 4) is 0 Å². The van der Waals surface area contributed by atoms with Crippen LogP contribution in [-0.2, 0) is 0 Å². The Morgan fingerprint density at radius 1 is 1.56 bits per heavy atom. The summed E-state index contributed by atoms with van der Waals surface area (Å²) < 4.78 is 5.21. The van der Waals surface area contributed by atoms with Gasteiger partial charge in [0.15, 0.2) is 5.89 Å². The fourth-order valence-electron chi connectivity index (χ4n) is 1.66. The summed E-state index contributed by atoms with van der Waals surface area (Å²) in [5.41, 5.74) is 0.516. The van der Waals surface area contributed by atoms with Gasteiger partial charge in [-0.15, -0.1) is 0 Å². The number of aryl methyl sites for hydroxylation is 2. The molecule has 0 aromatic carbocycles. The van der Waals surface area contributed by atoms with Crippen molar-refractivity contribution in [2.45, 2.75) is 26.7 Å². The number of nitrogens with one attached hydrogen (secondary N) is 1. The second-order valence-corrected chi connectivity index (χ2v) is 4.49. The molecule has 1 heterocycles. The van der Waals surface area contributed by atoms with Crippen molar-refractivity contribution in [2.24, 2.45) is 5.41 Å². The number of oxazole rings is 1. The van der Waals surface area contributed by atoms with E-state index in [1.165, 1.54) is 0 Å². The van der Waals surface area contributed by atoms with Crippen molar-refractivity contribution in [1.29, 1.82) is 0 Å². The van der Waals surface area contributed by atoms with E-state index in [9.17, 15) is 4.79 Å². The Labute approximate surface area is 93.9 Å². The van der Waals surface area contributed by atoms with Gasteiger partial charge >= 0.3 is 0 Å². The van der Waals surface area contributed by atoms with Gasteiger partial charge in [0.25, 0.3) is 5.91 Å². The first-order chi connectivity index (χ1) is 7.56. The van der Waals surface area contributed by atoms with Gasteiger partial charge in [0.05, 0.1) is 12.3 Å². The van der Waals surface area contributed by atoms with E-state index in [4.69, 9.17) is 9.52 Å². The number of hydrogen-bond donors (Lipinski definition) is 2. The quantitative estimate of drug-likeness (QED) is 0.793. The van der Waals surface area contributed by atoms with Gasteiger partial charge < -0.3 is 14.8 Å². The zero-order valence-electron chi connectivity index (χ0n) is 9.54. The minimum absolute atomic E-state index is 0.0847. The molecule has 0 saturated heterocycles. The van der Waals surface area contributed by atoms with Gasteiger partial charge in [0.1, 0.15) is 0 Å². The normalized spacial score (nSPS) is 17.2. The largest absolute Gasteiger partial charge is 0.436 e. The van der Waals surface area contributed by atoms with E-state index < -0.39 is 0 Å². The highest BCUT2D eigenvalue weighted by Gasteiger charge is 2.42. The Hall–Kier alpha value is -1.36. The van der Waals surface area contributed by atoms with Crippen molar-refractivity contribution in [3.63, 3.8) is 0 Å². The first kappa shape index (κ1) is 11.1. The van der Waals surface area contributed by atoms with Crippen LogP contribution in [0, 0.1) is 19.3 Å². The van der Waals surface area contributed by atoms with E-state index in [0.717, 1.165) is 12.8 Å². The van der Waals surface area contributed by atoms with Crippen LogP contribution in [0.25, 0.3) is 0 Å². The fraction of sp³-hybridized carbons (Fsp3) is 0.636. The monoisotopic (exact) mass is 224 g/mol. The van der Waals surface area contributed by atoms with E-state index >= 15 is 0 Å². The molecule has 0 aliphatic heterocycles. The molecule has 5 heteroatoms. The highest BCUT2D eigenvalue weighted by molar-refractivity contribution is 5.92. The molecule has 1 aliphatic rings. The Bertz CT molecular complexity index is 407. The zero-order chi connectivity index (χ0) is 11.8. The smallest absolute Gasteiger partial charge is 0.289 e. The lowest BCUT2D eigenvalue weighted by molar-refractivity contribution is 0.0905. The molecule has 0 atom stereocenters. The summed E-state index contributed by atoms with van der Waals surface area (Å²) in [7, 11) is 0. The Morgan fingerprint density at radius 3 is 2.69 bits per heavy atom. The van der Waals surface area contributed by atoms with Crippen LogP contribution in [0.15, 0.2) is 4.42 Å². The number of aliphatic hydroxyl groups is 1. The van der Waals surface area contributed by atoms with Crippen LogP contribution in [0.4, 0.5) is 0 Å². The van der Waals surface area contributed by atoms with Crippen LogP contribution in [-0.4, -0.2) is 29.1 Å². The number of hydrogen-bond acceptors (Lipinski definition) is 4. The summed E-state index contributed by atoms with van der Waals surface area (Å²) in [6, 6.07) is 0. The van der Waals surface area contributed by atoms with Gasteiger partial charge in [0, 0.05) is 18.9 Å². The maximum Gasteiger partial charge on any atom is 0.289 e. The molecular weight excluding hydrogens is 208 g/mol. The van der Waals surface area contributed by atoms with Gasteiger partial charge in [-0.2, -0.15) is 0 Å². The van der Waals surface area contributed by atoms with E-state index in [1.807, 2.05) is 0 Å². The number of aromatic nitrogens is 1. The minimum atomic E-state index is -0.252. The molecule has 1 aromatic heterocycles. The Morgan fingerprint density at radius 2 is 2.25 bits per heavy atom. The van der Waals surface area contributed by atoms with Crippen molar-refractivity contribution in [3.05, 3.63) is 17.3 Å². The standard InChI is InChI=1S/C11H16N2O3/c1-7-9(16-8(2)13-7)10(15)12-5-11(6-14)3-4-11/h14H,3-6H2,1-2H3,(H,12,15). The topological polar surface area (TPSA) is 75.4 Å². The minimum Gasteiger partial charge on any atom is -0.436 e. The highest BCUT2D eigenvalue weighted by Crippen LogP contribution is 2.44. The summed E-state index contributed by atoms with van der Waals surface area (Å²) in [5.74, 6) is 0.509. The second kappa shape index (κ2) is 3.90. The molecule has 1 saturated carbocycles. The first-order valence-corrected chi connectivity index (χ1v) is 5.39. The molecule has 0 spiro atoms.